The standard InChI is InChI=1S/C28H29Br2N3O.ClH/c29-25-11-5-3-9-23(25)19-31-27(34)28(17-21-7-1-2-8-22(21)18-28)33-15-13-32(14-16-33)20-24-10-4-6-12-26(24)30;/h1-12H,13-20H2,(H,31,34);1H. The van der Waals surface area contributed by atoms with E-state index >= 15 is 0 Å². The summed E-state index contributed by atoms with van der Waals surface area (Å²) in [5.74, 6) is 0.138. The molecule has 0 saturated carbocycles. The second-order valence-corrected chi connectivity index (χ2v) is 11.0. The van der Waals surface area contributed by atoms with Gasteiger partial charge in [0.05, 0.1) is 0 Å². The van der Waals surface area contributed by atoms with E-state index in [1.807, 2.05) is 18.2 Å². The van der Waals surface area contributed by atoms with E-state index < -0.39 is 5.54 Å². The van der Waals surface area contributed by atoms with Crippen molar-refractivity contribution in [3.63, 3.8) is 0 Å². The number of piperazine rings is 1. The molecule has 0 spiro atoms. The van der Waals surface area contributed by atoms with Gasteiger partial charge < -0.3 is 5.32 Å². The Kier molecular flexibility index (Phi) is 8.71. The topological polar surface area (TPSA) is 35.6 Å². The van der Waals surface area contributed by atoms with E-state index in [1.54, 1.807) is 0 Å². The molecule has 2 aliphatic rings. The number of rotatable bonds is 6. The summed E-state index contributed by atoms with van der Waals surface area (Å²) in [4.78, 5) is 18.8. The quantitative estimate of drug-likeness (QED) is 0.390. The fourth-order valence-electron chi connectivity index (χ4n) is 5.31. The summed E-state index contributed by atoms with van der Waals surface area (Å²) in [5, 5.41) is 3.28. The molecule has 5 rings (SSSR count). The summed E-state index contributed by atoms with van der Waals surface area (Å²) in [5.41, 5.74) is 4.48. The minimum atomic E-state index is -0.523. The molecule has 0 atom stereocenters. The lowest BCUT2D eigenvalue weighted by Crippen LogP contribution is -2.64. The summed E-state index contributed by atoms with van der Waals surface area (Å²) in [6.07, 6.45) is 1.55. The number of carbonyl (C=O) groups excluding carboxylic acids is 1. The summed E-state index contributed by atoms with van der Waals surface area (Å²) in [6.45, 7) is 5.15. The molecule has 0 radical (unpaired) electrons. The van der Waals surface area contributed by atoms with Gasteiger partial charge in [0.15, 0.2) is 0 Å². The van der Waals surface area contributed by atoms with Crippen molar-refractivity contribution in [2.75, 3.05) is 26.2 Å². The van der Waals surface area contributed by atoms with Crippen molar-refractivity contribution in [3.8, 4) is 0 Å². The summed E-state index contributed by atoms with van der Waals surface area (Å²) >= 11 is 7.29. The van der Waals surface area contributed by atoms with Gasteiger partial charge in [-0.2, -0.15) is 0 Å². The maximum atomic E-state index is 13.8. The fraction of sp³-hybridized carbons (Fsp3) is 0.321. The Labute approximate surface area is 230 Å². The normalized spacial score (nSPS) is 17.4. The van der Waals surface area contributed by atoms with Crippen LogP contribution in [0.1, 0.15) is 22.3 Å². The first-order valence-corrected chi connectivity index (χ1v) is 13.4. The minimum Gasteiger partial charge on any atom is -0.350 e. The zero-order valence-electron chi connectivity index (χ0n) is 19.6. The van der Waals surface area contributed by atoms with E-state index in [1.165, 1.54) is 16.7 Å². The van der Waals surface area contributed by atoms with Crippen molar-refractivity contribution in [3.05, 3.63) is 104 Å². The van der Waals surface area contributed by atoms with Crippen LogP contribution in [-0.4, -0.2) is 47.4 Å². The molecule has 1 aliphatic carbocycles. The molecule has 1 amide bonds. The molecule has 0 bridgehead atoms. The monoisotopic (exact) mass is 617 g/mol. The molecule has 0 unspecified atom stereocenters. The number of fused-ring (bicyclic) bond motifs is 1. The van der Waals surface area contributed by atoms with Gasteiger partial charge in [0.2, 0.25) is 5.91 Å². The second kappa shape index (κ2) is 11.6. The average molecular weight is 620 g/mol. The maximum Gasteiger partial charge on any atom is 0.241 e. The Morgan fingerprint density at radius 1 is 0.771 bits per heavy atom. The van der Waals surface area contributed by atoms with E-state index in [0.717, 1.165) is 60.1 Å². The largest absolute Gasteiger partial charge is 0.350 e. The molecule has 1 saturated heterocycles. The van der Waals surface area contributed by atoms with Gasteiger partial charge in [0, 0.05) is 61.1 Å². The molecule has 0 aromatic heterocycles. The van der Waals surface area contributed by atoms with Gasteiger partial charge in [0.25, 0.3) is 0 Å². The molecule has 1 aliphatic heterocycles. The molecule has 3 aromatic rings. The molecule has 4 nitrogen and oxygen atoms in total. The zero-order chi connectivity index (χ0) is 23.5. The Hall–Kier alpha value is -1.70. The van der Waals surface area contributed by atoms with Crippen LogP contribution in [0.25, 0.3) is 0 Å². The molecule has 1 N–H and O–H groups in total. The van der Waals surface area contributed by atoms with Gasteiger partial charge in [-0.1, -0.05) is 92.5 Å². The Morgan fingerprint density at radius 2 is 1.29 bits per heavy atom. The molecular weight excluding hydrogens is 590 g/mol. The van der Waals surface area contributed by atoms with E-state index in [0.29, 0.717) is 6.54 Å². The first-order valence-electron chi connectivity index (χ1n) is 11.8. The average Bonchev–Trinajstić information content (AvgIpc) is 3.26. The minimum absolute atomic E-state index is 0. The molecule has 7 heteroatoms. The number of benzene rings is 3. The van der Waals surface area contributed by atoms with E-state index in [9.17, 15) is 4.79 Å². The fourth-order valence-corrected chi connectivity index (χ4v) is 6.14. The lowest BCUT2D eigenvalue weighted by Gasteiger charge is -2.45. The van der Waals surface area contributed by atoms with Crippen LogP contribution in [0.5, 0.6) is 0 Å². The van der Waals surface area contributed by atoms with Crippen LogP contribution in [0.4, 0.5) is 0 Å². The number of hydrogen-bond donors (Lipinski definition) is 1. The van der Waals surface area contributed by atoms with Gasteiger partial charge >= 0.3 is 0 Å². The lowest BCUT2D eigenvalue weighted by molar-refractivity contribution is -0.135. The molecule has 3 aromatic carbocycles. The van der Waals surface area contributed by atoms with Gasteiger partial charge in [-0.15, -0.1) is 12.4 Å². The molecule has 1 fully saturated rings. The highest BCUT2D eigenvalue weighted by atomic mass is 79.9. The zero-order valence-corrected chi connectivity index (χ0v) is 23.5. The van der Waals surface area contributed by atoms with E-state index in [4.69, 9.17) is 0 Å². The second-order valence-electron chi connectivity index (χ2n) is 9.28. The third-order valence-corrected chi connectivity index (χ3v) is 8.78. The third-order valence-electron chi connectivity index (χ3n) is 7.23. The maximum absolute atomic E-state index is 13.8. The van der Waals surface area contributed by atoms with Crippen LogP contribution >= 0.6 is 44.3 Å². The highest BCUT2D eigenvalue weighted by molar-refractivity contribution is 9.10. The van der Waals surface area contributed by atoms with Crippen LogP contribution < -0.4 is 5.32 Å². The summed E-state index contributed by atoms with van der Waals surface area (Å²) < 4.78 is 2.19. The Morgan fingerprint density at radius 3 is 1.86 bits per heavy atom. The van der Waals surface area contributed by atoms with Gasteiger partial charge in [-0.25, -0.2) is 0 Å². The molecule has 1 heterocycles. The van der Waals surface area contributed by atoms with Gasteiger partial charge in [0.1, 0.15) is 5.54 Å². The van der Waals surface area contributed by atoms with Crippen molar-refractivity contribution < 1.29 is 4.79 Å². The highest BCUT2D eigenvalue weighted by Gasteiger charge is 2.48. The van der Waals surface area contributed by atoms with E-state index in [2.05, 4.69) is 102 Å². The van der Waals surface area contributed by atoms with Crippen molar-refractivity contribution >= 4 is 50.2 Å². The van der Waals surface area contributed by atoms with Crippen molar-refractivity contribution in [1.29, 1.82) is 0 Å². The summed E-state index contributed by atoms with van der Waals surface area (Å²) in [7, 11) is 0. The number of nitrogens with zero attached hydrogens (tertiary/aromatic N) is 2. The number of hydrogen-bond acceptors (Lipinski definition) is 3. The number of carbonyl (C=O) groups is 1. The molecule has 184 valence electrons. The van der Waals surface area contributed by atoms with Crippen LogP contribution in [0.15, 0.2) is 81.7 Å². The van der Waals surface area contributed by atoms with Gasteiger partial charge in [-0.3, -0.25) is 14.6 Å². The van der Waals surface area contributed by atoms with Crippen LogP contribution in [0.2, 0.25) is 0 Å². The lowest BCUT2D eigenvalue weighted by atomic mass is 9.90. The number of nitrogens with one attached hydrogen (secondary N) is 1. The third kappa shape index (κ3) is 5.67. The van der Waals surface area contributed by atoms with Crippen molar-refractivity contribution in [1.82, 2.24) is 15.1 Å². The smallest absolute Gasteiger partial charge is 0.241 e. The molecule has 35 heavy (non-hydrogen) atoms. The van der Waals surface area contributed by atoms with Crippen LogP contribution in [-0.2, 0) is 30.7 Å². The van der Waals surface area contributed by atoms with Crippen molar-refractivity contribution in [2.24, 2.45) is 0 Å². The highest BCUT2D eigenvalue weighted by Crippen LogP contribution is 2.36. The SMILES string of the molecule is Cl.O=C(NCc1ccccc1Br)C1(N2CCN(Cc3ccccc3Br)CC2)Cc2ccccc2C1. The predicted molar refractivity (Wildman–Crippen MR) is 151 cm³/mol. The molecular formula is C28H30Br2ClN3O. The first kappa shape index (κ1) is 26.4. The van der Waals surface area contributed by atoms with Gasteiger partial charge in [-0.05, 0) is 34.4 Å². The predicted octanol–water partition coefficient (Wildman–Crippen LogP) is 5.61. The van der Waals surface area contributed by atoms with Crippen molar-refractivity contribution in [2.45, 2.75) is 31.5 Å². The Balaban J connectivity index is 0.00000289. The first-order chi connectivity index (χ1) is 16.5. The van der Waals surface area contributed by atoms with Crippen LogP contribution in [0, 0.1) is 0 Å². The summed E-state index contributed by atoms with van der Waals surface area (Å²) in [6, 6.07) is 25.1. The number of halogens is 3. The Bertz CT molecular complexity index is 1160. The number of amides is 1. The van der Waals surface area contributed by atoms with E-state index in [-0.39, 0.29) is 18.3 Å². The van der Waals surface area contributed by atoms with Crippen LogP contribution in [0.3, 0.4) is 0 Å².